The van der Waals surface area contributed by atoms with Crippen LogP contribution >= 0.6 is 0 Å². The summed E-state index contributed by atoms with van der Waals surface area (Å²) in [6.07, 6.45) is 24.9. The van der Waals surface area contributed by atoms with Gasteiger partial charge in [0.1, 0.15) is 18.3 Å². The second kappa shape index (κ2) is 29.4. The van der Waals surface area contributed by atoms with Gasteiger partial charge < -0.3 is 35.2 Å². The van der Waals surface area contributed by atoms with E-state index in [1.54, 1.807) is 0 Å². The van der Waals surface area contributed by atoms with E-state index in [1.807, 2.05) is 0 Å². The molecule has 0 aromatic heterocycles. The van der Waals surface area contributed by atoms with E-state index in [9.17, 15) is 25.2 Å². The van der Waals surface area contributed by atoms with Crippen LogP contribution in [-0.4, -0.2) is 76.3 Å². The number of unbranched alkanes of at least 4 members (excludes halogenated alkanes) is 22. The minimum absolute atomic E-state index is 0.0475. The fourth-order valence-corrected chi connectivity index (χ4v) is 6.17. The quantitative estimate of drug-likeness (QED) is 0.0496. The average Bonchev–Trinajstić information content (AvgIpc) is 3.03. The number of aliphatic hydroxyl groups excluding tert-OH is 4. The summed E-state index contributed by atoms with van der Waals surface area (Å²) in [6.45, 7) is 4.30. The summed E-state index contributed by atoms with van der Waals surface area (Å²) in [5.41, 5.74) is 0. The lowest BCUT2D eigenvalue weighted by molar-refractivity contribution is -0.272. The largest absolute Gasteiger partial charge is 0.391 e. The molecule has 45 heavy (non-hydrogen) atoms. The topological polar surface area (TPSA) is 128 Å². The minimum Gasteiger partial charge on any atom is -0.391 e. The third kappa shape index (κ3) is 22.4. The number of carbonyl (C=O) groups excluding carboxylic acids is 1. The zero-order valence-electron chi connectivity index (χ0n) is 29.3. The third-order valence-electron chi connectivity index (χ3n) is 9.32. The van der Waals surface area contributed by atoms with Gasteiger partial charge >= 0.3 is 0 Å². The fraction of sp³-hybridized carbons (Fsp3) is 0.973. The molecule has 8 heteroatoms. The predicted molar refractivity (Wildman–Crippen MR) is 183 cm³/mol. The van der Waals surface area contributed by atoms with E-state index in [1.165, 1.54) is 116 Å². The van der Waals surface area contributed by atoms with E-state index in [4.69, 9.17) is 9.47 Å². The van der Waals surface area contributed by atoms with Crippen LogP contribution in [0.4, 0.5) is 0 Å². The van der Waals surface area contributed by atoms with Crippen molar-refractivity contribution < 1.29 is 34.7 Å². The zero-order valence-corrected chi connectivity index (χ0v) is 29.3. The molecule has 0 unspecified atom stereocenters. The Hall–Kier alpha value is -0.770. The molecule has 6 atom stereocenters. The first-order valence-corrected chi connectivity index (χ1v) is 19.2. The highest BCUT2D eigenvalue weighted by molar-refractivity contribution is 5.76. The molecule has 268 valence electrons. The summed E-state index contributed by atoms with van der Waals surface area (Å²) >= 11 is 0. The maximum Gasteiger partial charge on any atom is 0.220 e. The number of carbonyl (C=O) groups is 1. The Kier molecular flexibility index (Phi) is 27.6. The van der Waals surface area contributed by atoms with Crippen molar-refractivity contribution in [3.8, 4) is 0 Å². The molecule has 0 saturated carbocycles. The van der Waals surface area contributed by atoms with Crippen molar-refractivity contribution in [1.82, 2.24) is 5.32 Å². The van der Waals surface area contributed by atoms with Crippen LogP contribution < -0.4 is 5.32 Å². The highest BCUT2D eigenvalue weighted by Gasteiger charge is 2.38. The van der Waals surface area contributed by atoms with Crippen molar-refractivity contribution in [1.29, 1.82) is 0 Å². The highest BCUT2D eigenvalue weighted by atomic mass is 16.7. The van der Waals surface area contributed by atoms with Crippen molar-refractivity contribution in [2.24, 2.45) is 0 Å². The molecule has 0 bridgehead atoms. The number of rotatable bonds is 31. The molecule has 1 heterocycles. The second-order valence-electron chi connectivity index (χ2n) is 13.6. The van der Waals surface area contributed by atoms with Crippen molar-refractivity contribution in [2.75, 3.05) is 13.2 Å². The fourth-order valence-electron chi connectivity index (χ4n) is 6.17. The summed E-state index contributed by atoms with van der Waals surface area (Å²) < 4.78 is 11.1. The molecule has 0 aliphatic carbocycles. The maximum absolute atomic E-state index is 12.8. The Balaban J connectivity index is 2.32. The Morgan fingerprint density at radius 1 is 0.667 bits per heavy atom. The Morgan fingerprint density at radius 3 is 1.56 bits per heavy atom. The molecule has 0 aromatic carbocycles. The SMILES string of the molecule is CCCCCCCCCCCCCCC[C@@H](O)[C@H](CO[C@@H]1OC[C@@H](O)[C@H](O)[C@H]1O)NC(=O)CCCCCCCCCCCCC. The molecule has 1 amide bonds. The van der Waals surface area contributed by atoms with E-state index in [2.05, 4.69) is 19.2 Å². The van der Waals surface area contributed by atoms with Gasteiger partial charge in [0, 0.05) is 6.42 Å². The molecule has 1 fully saturated rings. The first-order chi connectivity index (χ1) is 21.9. The Bertz CT molecular complexity index is 667. The molecule has 0 radical (unpaired) electrons. The highest BCUT2D eigenvalue weighted by Crippen LogP contribution is 2.19. The first kappa shape index (κ1) is 42.3. The minimum atomic E-state index is -1.40. The van der Waals surface area contributed by atoms with E-state index >= 15 is 0 Å². The van der Waals surface area contributed by atoms with Crippen molar-refractivity contribution >= 4 is 5.91 Å². The van der Waals surface area contributed by atoms with Gasteiger partial charge in [-0.2, -0.15) is 0 Å². The van der Waals surface area contributed by atoms with Crippen molar-refractivity contribution in [3.63, 3.8) is 0 Å². The molecule has 5 N–H and O–H groups in total. The molecular weight excluding hydrogens is 570 g/mol. The standard InChI is InChI=1S/C37H73NO7/c1-3-5-7-9-11-13-15-16-18-19-21-23-25-27-32(39)31(29-44-37-36(43)35(42)33(40)30-45-37)38-34(41)28-26-24-22-20-17-14-12-10-8-6-4-2/h31-33,35-37,39-40,42-43H,3-30H2,1-2H3,(H,38,41)/t31-,32+,33+,35-,36+,37+/m0/s1. The zero-order chi connectivity index (χ0) is 33.0. The van der Waals surface area contributed by atoms with Crippen molar-refractivity contribution in [3.05, 3.63) is 0 Å². The number of hydrogen-bond donors (Lipinski definition) is 5. The lowest BCUT2D eigenvalue weighted by Gasteiger charge is -2.36. The van der Waals surface area contributed by atoms with Gasteiger partial charge in [-0.25, -0.2) is 0 Å². The van der Waals surface area contributed by atoms with Gasteiger partial charge in [0.15, 0.2) is 6.29 Å². The summed E-state index contributed by atoms with van der Waals surface area (Å²) in [7, 11) is 0. The van der Waals surface area contributed by atoms with Crippen LogP contribution in [0.25, 0.3) is 0 Å². The van der Waals surface area contributed by atoms with E-state index < -0.39 is 36.7 Å². The van der Waals surface area contributed by atoms with E-state index in [0.29, 0.717) is 12.8 Å². The number of amides is 1. The monoisotopic (exact) mass is 644 g/mol. The molecule has 1 rings (SSSR count). The average molecular weight is 644 g/mol. The molecule has 1 saturated heterocycles. The van der Waals surface area contributed by atoms with Crippen LogP contribution in [0, 0.1) is 0 Å². The number of aliphatic hydroxyl groups is 4. The van der Waals surface area contributed by atoms with Crippen LogP contribution in [0.5, 0.6) is 0 Å². The Labute approximate surface area is 276 Å². The van der Waals surface area contributed by atoms with Crippen LogP contribution in [0.1, 0.15) is 181 Å². The van der Waals surface area contributed by atoms with Crippen LogP contribution in [-0.2, 0) is 14.3 Å². The maximum atomic E-state index is 12.8. The van der Waals surface area contributed by atoms with Crippen molar-refractivity contribution in [2.45, 2.75) is 218 Å². The van der Waals surface area contributed by atoms with E-state index in [-0.39, 0.29) is 19.1 Å². The van der Waals surface area contributed by atoms with Crippen LogP contribution in [0.3, 0.4) is 0 Å². The molecule has 8 nitrogen and oxygen atoms in total. The normalized spacial score (nSPS) is 21.6. The smallest absolute Gasteiger partial charge is 0.220 e. The summed E-state index contributed by atoms with van der Waals surface area (Å²) in [5.74, 6) is -0.107. The molecule has 1 aliphatic heterocycles. The number of ether oxygens (including phenoxy) is 2. The van der Waals surface area contributed by atoms with Crippen LogP contribution in [0.2, 0.25) is 0 Å². The number of hydrogen-bond acceptors (Lipinski definition) is 7. The first-order valence-electron chi connectivity index (χ1n) is 19.2. The summed E-state index contributed by atoms with van der Waals surface area (Å²) in [4.78, 5) is 12.8. The molecular formula is C37H73NO7. The van der Waals surface area contributed by atoms with Crippen LogP contribution in [0.15, 0.2) is 0 Å². The third-order valence-corrected chi connectivity index (χ3v) is 9.32. The van der Waals surface area contributed by atoms with Gasteiger partial charge in [-0.05, 0) is 12.8 Å². The van der Waals surface area contributed by atoms with Gasteiger partial charge in [0.2, 0.25) is 5.91 Å². The van der Waals surface area contributed by atoms with Gasteiger partial charge in [-0.3, -0.25) is 4.79 Å². The molecule has 1 aliphatic rings. The lowest BCUT2D eigenvalue weighted by atomic mass is 10.0. The van der Waals surface area contributed by atoms with Gasteiger partial charge in [0.05, 0.1) is 25.4 Å². The summed E-state index contributed by atoms with van der Waals surface area (Å²) in [5, 5.41) is 43.9. The van der Waals surface area contributed by atoms with E-state index in [0.717, 1.165) is 38.5 Å². The molecule has 0 spiro atoms. The Morgan fingerprint density at radius 2 is 1.09 bits per heavy atom. The number of nitrogens with one attached hydrogen (secondary N) is 1. The van der Waals surface area contributed by atoms with Gasteiger partial charge in [-0.15, -0.1) is 0 Å². The molecule has 0 aromatic rings. The summed E-state index contributed by atoms with van der Waals surface area (Å²) in [6, 6.07) is -0.637. The van der Waals surface area contributed by atoms with Gasteiger partial charge in [-0.1, -0.05) is 162 Å². The second-order valence-corrected chi connectivity index (χ2v) is 13.6. The lowest BCUT2D eigenvalue weighted by Crippen LogP contribution is -2.55. The van der Waals surface area contributed by atoms with Gasteiger partial charge in [0.25, 0.3) is 0 Å². The predicted octanol–water partition coefficient (Wildman–Crippen LogP) is 7.47.